The van der Waals surface area contributed by atoms with Crippen molar-refractivity contribution in [2.24, 2.45) is 5.73 Å². The second kappa shape index (κ2) is 7.07. The number of halogens is 1. The van der Waals surface area contributed by atoms with Gasteiger partial charge in [0.2, 0.25) is 0 Å². The van der Waals surface area contributed by atoms with Gasteiger partial charge in [0, 0.05) is 0 Å². The standard InChI is InChI=1S/C5H13N3.HI.H3N/c1-7(2)5(6)8(3)4;;/h6H,1-4H3;1H;1H3/p+1. The number of guanidine groups is 1. The molecule has 0 radical (unpaired) electrons. The first-order chi connectivity index (χ1) is 3.55. The zero-order chi connectivity index (χ0) is 6.73. The Hall–Kier alpha value is -0.0400. The van der Waals surface area contributed by atoms with E-state index in [9.17, 15) is 0 Å². The normalized spacial score (nSPS) is 6.80. The van der Waals surface area contributed by atoms with Crippen molar-refractivity contribution in [1.29, 1.82) is 0 Å². The molecule has 0 aromatic rings. The van der Waals surface area contributed by atoms with Gasteiger partial charge in [-0.3, -0.25) is 15.2 Å². The fourth-order valence-corrected chi connectivity index (χ4v) is 0.400. The van der Waals surface area contributed by atoms with E-state index < -0.39 is 0 Å². The van der Waals surface area contributed by atoms with E-state index in [4.69, 9.17) is 5.73 Å². The molecule has 0 unspecified atom stereocenters. The molecule has 64 valence electrons. The van der Waals surface area contributed by atoms with Crippen molar-refractivity contribution in [3.05, 3.63) is 0 Å². The quantitative estimate of drug-likeness (QED) is 0.277. The molecule has 0 saturated carbocycles. The van der Waals surface area contributed by atoms with Crippen molar-refractivity contribution in [2.45, 2.75) is 0 Å². The van der Waals surface area contributed by atoms with Crippen LogP contribution in [0.5, 0.6) is 0 Å². The molecule has 0 bridgehead atoms. The Kier molecular flexibility index (Phi) is 11.7. The third-order valence-electron chi connectivity index (χ3n) is 0.916. The predicted molar refractivity (Wildman–Crippen MR) is 55.4 cm³/mol. The second-order valence-corrected chi connectivity index (χ2v) is 2.15. The number of hydrogen-bond donors (Lipinski definition) is 2. The number of rotatable bonds is 0. The number of nitrogens with zero attached hydrogens (tertiary/aromatic N) is 2. The molecule has 0 aliphatic carbocycles. The van der Waals surface area contributed by atoms with Gasteiger partial charge in [-0.05, 0) is 0 Å². The molecule has 0 heterocycles. The van der Waals surface area contributed by atoms with Crippen molar-refractivity contribution in [2.75, 3.05) is 28.2 Å². The first-order valence-corrected chi connectivity index (χ1v) is 2.52. The van der Waals surface area contributed by atoms with E-state index >= 15 is 0 Å². The zero-order valence-electron chi connectivity index (χ0n) is 7.09. The fourth-order valence-electron chi connectivity index (χ4n) is 0.400. The van der Waals surface area contributed by atoms with E-state index in [1.807, 2.05) is 37.7 Å². The molecule has 5 heteroatoms. The Labute approximate surface area is 79.7 Å². The lowest BCUT2D eigenvalue weighted by atomic mass is 10.8. The summed E-state index contributed by atoms with van der Waals surface area (Å²) < 4.78 is 1.86. The molecule has 0 saturated heterocycles. The molecule has 5 N–H and O–H groups in total. The predicted octanol–water partition coefficient (Wildman–Crippen LogP) is -0.0852. The average molecular weight is 261 g/mol. The van der Waals surface area contributed by atoms with Crippen LogP contribution >= 0.6 is 24.0 Å². The SMILES string of the molecule is CN(C)C(N)=[N+](C)C.I.N. The average Bonchev–Trinajstić information content (AvgIpc) is 1.64. The smallest absolute Gasteiger partial charge is 0.344 e. The monoisotopic (exact) mass is 261 g/mol. The summed E-state index contributed by atoms with van der Waals surface area (Å²) in [5, 5.41) is 0. The van der Waals surface area contributed by atoms with Crippen LogP contribution in [0.4, 0.5) is 0 Å². The lowest BCUT2D eigenvalue weighted by Crippen LogP contribution is -2.36. The van der Waals surface area contributed by atoms with E-state index in [0.29, 0.717) is 0 Å². The molecule has 0 aliphatic heterocycles. The fraction of sp³-hybridized carbons (Fsp3) is 0.800. The summed E-state index contributed by atoms with van der Waals surface area (Å²) in [7, 11) is 7.65. The molecule has 0 spiro atoms. The molecule has 10 heavy (non-hydrogen) atoms. The Bertz CT molecular complexity index is 106. The van der Waals surface area contributed by atoms with Gasteiger partial charge in [-0.2, -0.15) is 0 Å². The van der Waals surface area contributed by atoms with Gasteiger partial charge in [-0.25, -0.2) is 0 Å². The topological polar surface area (TPSA) is 67.3 Å². The van der Waals surface area contributed by atoms with Crippen LogP contribution in [-0.2, 0) is 0 Å². The van der Waals surface area contributed by atoms with Gasteiger partial charge in [-0.1, -0.05) is 0 Å². The summed E-state index contributed by atoms with van der Waals surface area (Å²) in [4.78, 5) is 1.86. The van der Waals surface area contributed by atoms with Crippen LogP contribution in [0.25, 0.3) is 0 Å². The number of hydrogen-bond acceptors (Lipinski definition) is 1. The maximum absolute atomic E-state index is 5.53. The van der Waals surface area contributed by atoms with Crippen LogP contribution in [0.15, 0.2) is 0 Å². The van der Waals surface area contributed by atoms with E-state index in [2.05, 4.69) is 0 Å². The van der Waals surface area contributed by atoms with E-state index in [1.165, 1.54) is 0 Å². The maximum atomic E-state index is 5.53. The van der Waals surface area contributed by atoms with E-state index in [1.54, 1.807) is 0 Å². The van der Waals surface area contributed by atoms with Gasteiger partial charge in [0.1, 0.15) is 0 Å². The van der Waals surface area contributed by atoms with Crippen LogP contribution in [0.3, 0.4) is 0 Å². The Morgan fingerprint density at radius 3 is 1.60 bits per heavy atom. The highest BCUT2D eigenvalue weighted by molar-refractivity contribution is 14.0. The summed E-state index contributed by atoms with van der Waals surface area (Å²) in [6, 6.07) is 0. The Morgan fingerprint density at radius 2 is 1.60 bits per heavy atom. The molecule has 4 nitrogen and oxygen atoms in total. The van der Waals surface area contributed by atoms with Crippen molar-refractivity contribution >= 4 is 29.9 Å². The minimum Gasteiger partial charge on any atom is -0.344 e. The third-order valence-corrected chi connectivity index (χ3v) is 0.916. The van der Waals surface area contributed by atoms with Crippen molar-refractivity contribution in [3.63, 3.8) is 0 Å². The van der Waals surface area contributed by atoms with Crippen molar-refractivity contribution in [1.82, 2.24) is 11.1 Å². The van der Waals surface area contributed by atoms with Gasteiger partial charge in [-0.15, -0.1) is 24.0 Å². The van der Waals surface area contributed by atoms with Gasteiger partial charge in [0.25, 0.3) is 0 Å². The summed E-state index contributed by atoms with van der Waals surface area (Å²) in [6.45, 7) is 0. The molecule has 0 amide bonds. The van der Waals surface area contributed by atoms with Crippen molar-refractivity contribution < 1.29 is 4.58 Å². The zero-order valence-corrected chi connectivity index (χ0v) is 9.42. The van der Waals surface area contributed by atoms with Gasteiger partial charge < -0.3 is 6.15 Å². The minimum atomic E-state index is 0. The van der Waals surface area contributed by atoms with Crippen molar-refractivity contribution in [3.8, 4) is 0 Å². The summed E-state index contributed by atoms with van der Waals surface area (Å²) in [6.07, 6.45) is 0. The van der Waals surface area contributed by atoms with E-state index in [-0.39, 0.29) is 30.1 Å². The molecule has 0 fully saturated rings. The summed E-state index contributed by atoms with van der Waals surface area (Å²) in [5.74, 6) is 0.769. The maximum Gasteiger partial charge on any atom is 0.344 e. The van der Waals surface area contributed by atoms with Gasteiger partial charge in [0.05, 0.1) is 28.2 Å². The molecule has 0 rings (SSSR count). The molecule has 0 aromatic carbocycles. The summed E-state index contributed by atoms with van der Waals surface area (Å²) in [5.41, 5.74) is 5.53. The largest absolute Gasteiger partial charge is 0.344 e. The van der Waals surface area contributed by atoms with Crippen LogP contribution in [0.1, 0.15) is 0 Å². The Balaban J connectivity index is -0.000000245. The number of nitrogens with two attached hydrogens (primary N) is 1. The summed E-state index contributed by atoms with van der Waals surface area (Å²) >= 11 is 0. The highest BCUT2D eigenvalue weighted by Crippen LogP contribution is 1.68. The highest BCUT2D eigenvalue weighted by Gasteiger charge is 2.00. The van der Waals surface area contributed by atoms with Gasteiger partial charge in [0.15, 0.2) is 0 Å². The third kappa shape index (κ3) is 6.09. The minimum absolute atomic E-state index is 0. The second-order valence-electron chi connectivity index (χ2n) is 2.15. The molecular weight excluding hydrogens is 243 g/mol. The van der Waals surface area contributed by atoms with E-state index in [0.717, 1.165) is 5.96 Å². The first-order valence-electron chi connectivity index (χ1n) is 2.52. The molecule has 0 aliphatic rings. The van der Waals surface area contributed by atoms with Crippen LogP contribution in [0.2, 0.25) is 0 Å². The lowest BCUT2D eigenvalue weighted by Gasteiger charge is -2.04. The van der Waals surface area contributed by atoms with Crippen LogP contribution in [0, 0.1) is 0 Å². The first kappa shape index (κ1) is 16.5. The van der Waals surface area contributed by atoms with Crippen LogP contribution in [-0.4, -0.2) is 43.6 Å². The highest BCUT2D eigenvalue weighted by atomic mass is 127. The Morgan fingerprint density at radius 1 is 1.30 bits per heavy atom. The van der Waals surface area contributed by atoms with Crippen LogP contribution < -0.4 is 11.9 Å². The molecule has 0 aromatic heterocycles. The van der Waals surface area contributed by atoms with Gasteiger partial charge >= 0.3 is 5.96 Å². The molecular formula is C5H18IN4+. The lowest BCUT2D eigenvalue weighted by molar-refractivity contribution is -0.470. The molecule has 0 atom stereocenters.